The lowest BCUT2D eigenvalue weighted by Crippen LogP contribution is -2.19. The lowest BCUT2D eigenvalue weighted by molar-refractivity contribution is 0.155. The van der Waals surface area contributed by atoms with E-state index in [2.05, 4.69) is 65.3 Å². The Bertz CT molecular complexity index is 1170. The Balaban J connectivity index is 1.45. The minimum Gasteiger partial charge on any atom is -0.490 e. The first-order valence-corrected chi connectivity index (χ1v) is 12.5. The molecule has 0 atom stereocenters. The van der Waals surface area contributed by atoms with Crippen molar-refractivity contribution < 1.29 is 9.47 Å². The second kappa shape index (κ2) is 9.05. The molecule has 0 radical (unpaired) electrons. The van der Waals surface area contributed by atoms with Gasteiger partial charge in [0.05, 0.1) is 11.0 Å². The van der Waals surface area contributed by atoms with Gasteiger partial charge < -0.3 is 9.47 Å². The molecule has 0 spiro atoms. The normalized spacial score (nSPS) is 14.6. The summed E-state index contributed by atoms with van der Waals surface area (Å²) in [5.41, 5.74) is 2.42. The van der Waals surface area contributed by atoms with Crippen LogP contribution in [0, 0.1) is 6.92 Å². The van der Waals surface area contributed by atoms with Gasteiger partial charge in [-0.25, -0.2) is 0 Å². The van der Waals surface area contributed by atoms with Crippen LogP contribution in [-0.2, 0) is 0 Å². The topological polar surface area (TPSA) is 18.5 Å². The van der Waals surface area contributed by atoms with Gasteiger partial charge in [0.25, 0.3) is 0 Å². The van der Waals surface area contributed by atoms with E-state index < -0.39 is 0 Å². The van der Waals surface area contributed by atoms with Crippen LogP contribution in [0.4, 0.5) is 0 Å². The number of hydrogen-bond acceptors (Lipinski definition) is 3. The van der Waals surface area contributed by atoms with Crippen LogP contribution < -0.4 is 9.47 Å². The molecule has 0 aliphatic heterocycles. The molecule has 1 saturated carbocycles. The van der Waals surface area contributed by atoms with E-state index >= 15 is 0 Å². The molecule has 0 saturated heterocycles. The van der Waals surface area contributed by atoms with Crippen molar-refractivity contribution in [3.05, 3.63) is 76.8 Å². The number of ether oxygens (including phenoxy) is 2. The lowest BCUT2D eigenvalue weighted by Gasteiger charge is -2.23. The zero-order valence-corrected chi connectivity index (χ0v) is 20.0. The molecule has 4 aromatic rings. The molecule has 5 rings (SSSR count). The highest BCUT2D eigenvalue weighted by Gasteiger charge is 2.18. The van der Waals surface area contributed by atoms with Gasteiger partial charge in [-0.2, -0.15) is 0 Å². The van der Waals surface area contributed by atoms with Crippen LogP contribution >= 0.6 is 27.3 Å². The third kappa shape index (κ3) is 4.65. The molecular formula is C27H25BrO2S. The maximum absolute atomic E-state index is 6.48. The molecule has 0 bridgehead atoms. The van der Waals surface area contributed by atoms with Crippen LogP contribution in [0.1, 0.15) is 37.7 Å². The van der Waals surface area contributed by atoms with Crippen molar-refractivity contribution in [1.29, 1.82) is 0 Å². The van der Waals surface area contributed by atoms with Crippen molar-refractivity contribution in [3.63, 3.8) is 0 Å². The third-order valence-electron chi connectivity index (χ3n) is 5.80. The van der Waals surface area contributed by atoms with E-state index in [-0.39, 0.29) is 0 Å². The Morgan fingerprint density at radius 3 is 2.29 bits per heavy atom. The third-order valence-corrected chi connectivity index (χ3v) is 7.52. The summed E-state index contributed by atoms with van der Waals surface area (Å²) in [5, 5.41) is 1.15. The second-order valence-corrected chi connectivity index (χ2v) is 10.2. The summed E-state index contributed by atoms with van der Waals surface area (Å²) >= 11 is 5.31. The van der Waals surface area contributed by atoms with Crippen molar-refractivity contribution >= 4 is 37.4 Å². The fraction of sp³-hybridized carbons (Fsp3) is 0.259. The number of hydrogen-bond donors (Lipinski definition) is 0. The summed E-state index contributed by atoms with van der Waals surface area (Å²) in [6, 6.07) is 23.1. The molecule has 31 heavy (non-hydrogen) atoms. The molecule has 4 heteroatoms. The molecule has 158 valence electrons. The first-order chi connectivity index (χ1) is 15.2. The van der Waals surface area contributed by atoms with Crippen molar-refractivity contribution in [2.45, 2.75) is 45.1 Å². The van der Waals surface area contributed by atoms with E-state index in [1.165, 1.54) is 29.5 Å². The summed E-state index contributed by atoms with van der Waals surface area (Å²) < 4.78 is 15.0. The van der Waals surface area contributed by atoms with Crippen LogP contribution in [-0.4, -0.2) is 6.10 Å². The molecule has 0 amide bonds. The molecule has 1 fully saturated rings. The summed E-state index contributed by atoms with van der Waals surface area (Å²) in [7, 11) is 0. The SMILES string of the molecule is Cc1ccc2c(Oc3ccc(OC4CCCCC4)cc3)c(-c3ccc(Br)cc3)sc2c1. The average molecular weight is 493 g/mol. The van der Waals surface area contributed by atoms with Crippen LogP contribution in [0.3, 0.4) is 0 Å². The van der Waals surface area contributed by atoms with Crippen molar-refractivity contribution in [3.8, 4) is 27.7 Å². The molecular weight excluding hydrogens is 468 g/mol. The van der Waals surface area contributed by atoms with Gasteiger partial charge in [0.2, 0.25) is 0 Å². The first-order valence-electron chi connectivity index (χ1n) is 10.9. The summed E-state index contributed by atoms with van der Waals surface area (Å²) in [5.74, 6) is 2.68. The zero-order valence-electron chi connectivity index (χ0n) is 17.6. The lowest BCUT2D eigenvalue weighted by atomic mass is 9.98. The molecule has 0 unspecified atom stereocenters. The minimum absolute atomic E-state index is 0.355. The standard InChI is InChI=1S/C27H25BrO2S/c1-18-7-16-24-25(17-18)31-27(19-8-10-20(28)11-9-19)26(24)30-23-14-12-22(13-15-23)29-21-5-3-2-4-6-21/h7-17,21H,2-6H2,1H3. The molecule has 2 nitrogen and oxygen atoms in total. The summed E-state index contributed by atoms with van der Waals surface area (Å²) in [4.78, 5) is 1.15. The summed E-state index contributed by atoms with van der Waals surface area (Å²) in [6.45, 7) is 2.13. The Morgan fingerprint density at radius 2 is 1.55 bits per heavy atom. The summed E-state index contributed by atoms with van der Waals surface area (Å²) in [6.07, 6.45) is 6.56. The number of benzene rings is 3. The molecule has 1 heterocycles. The van der Waals surface area contributed by atoms with Crippen LogP contribution in [0.15, 0.2) is 71.2 Å². The maximum atomic E-state index is 6.48. The number of thiophene rings is 1. The van der Waals surface area contributed by atoms with E-state index in [4.69, 9.17) is 9.47 Å². The molecule has 1 aliphatic carbocycles. The fourth-order valence-electron chi connectivity index (χ4n) is 4.15. The monoisotopic (exact) mass is 492 g/mol. The highest BCUT2D eigenvalue weighted by molar-refractivity contribution is 9.10. The number of aryl methyl sites for hydroxylation is 1. The van der Waals surface area contributed by atoms with Crippen LogP contribution in [0.5, 0.6) is 17.2 Å². The number of halogens is 1. The Morgan fingerprint density at radius 1 is 0.839 bits per heavy atom. The van der Waals surface area contributed by atoms with E-state index in [0.29, 0.717) is 6.10 Å². The van der Waals surface area contributed by atoms with Crippen LogP contribution in [0.25, 0.3) is 20.5 Å². The van der Waals surface area contributed by atoms with Gasteiger partial charge in [-0.3, -0.25) is 0 Å². The van der Waals surface area contributed by atoms with Gasteiger partial charge in [-0.15, -0.1) is 11.3 Å². The average Bonchev–Trinajstić information content (AvgIpc) is 3.13. The highest BCUT2D eigenvalue weighted by atomic mass is 79.9. The van der Waals surface area contributed by atoms with E-state index in [0.717, 1.165) is 50.4 Å². The highest BCUT2D eigenvalue weighted by Crippen LogP contribution is 2.46. The maximum Gasteiger partial charge on any atom is 0.153 e. The van der Waals surface area contributed by atoms with Crippen molar-refractivity contribution in [2.75, 3.05) is 0 Å². The molecule has 1 aromatic heterocycles. The van der Waals surface area contributed by atoms with Crippen molar-refractivity contribution in [2.24, 2.45) is 0 Å². The first kappa shape index (κ1) is 20.6. The van der Waals surface area contributed by atoms with Gasteiger partial charge in [0, 0.05) is 14.6 Å². The van der Waals surface area contributed by atoms with E-state index in [1.807, 2.05) is 24.3 Å². The van der Waals surface area contributed by atoms with Gasteiger partial charge >= 0.3 is 0 Å². The Kier molecular flexibility index (Phi) is 6.02. The van der Waals surface area contributed by atoms with E-state index in [9.17, 15) is 0 Å². The minimum atomic E-state index is 0.355. The number of rotatable bonds is 5. The van der Waals surface area contributed by atoms with E-state index in [1.54, 1.807) is 11.3 Å². The Hall–Kier alpha value is -2.30. The van der Waals surface area contributed by atoms with Gasteiger partial charge in [0.1, 0.15) is 11.5 Å². The van der Waals surface area contributed by atoms with Crippen molar-refractivity contribution in [1.82, 2.24) is 0 Å². The molecule has 1 aliphatic rings. The predicted molar refractivity (Wildman–Crippen MR) is 134 cm³/mol. The van der Waals surface area contributed by atoms with Gasteiger partial charge in [0.15, 0.2) is 5.75 Å². The zero-order chi connectivity index (χ0) is 21.2. The fourth-order valence-corrected chi connectivity index (χ4v) is 5.65. The quantitative estimate of drug-likeness (QED) is 0.276. The smallest absolute Gasteiger partial charge is 0.153 e. The Labute approximate surface area is 196 Å². The second-order valence-electron chi connectivity index (χ2n) is 8.22. The predicted octanol–water partition coefficient (Wildman–Crippen LogP) is 9.14. The van der Waals surface area contributed by atoms with Crippen LogP contribution in [0.2, 0.25) is 0 Å². The van der Waals surface area contributed by atoms with Gasteiger partial charge in [-0.1, -0.05) is 40.5 Å². The molecule has 3 aromatic carbocycles. The molecule has 0 N–H and O–H groups in total. The largest absolute Gasteiger partial charge is 0.490 e. The number of fused-ring (bicyclic) bond motifs is 1. The van der Waals surface area contributed by atoms with Gasteiger partial charge in [-0.05, 0) is 92.3 Å².